The average Bonchev–Trinajstić information content (AvgIpc) is 2.45. The Kier molecular flexibility index (Phi) is 4.37. The van der Waals surface area contributed by atoms with E-state index in [0.29, 0.717) is 0 Å². The van der Waals surface area contributed by atoms with Crippen LogP contribution in [-0.4, -0.2) is 17.6 Å². The second-order valence-electron chi connectivity index (χ2n) is 4.38. The van der Waals surface area contributed by atoms with Gasteiger partial charge in [0.15, 0.2) is 11.6 Å². The molecule has 6 heteroatoms. The Bertz CT molecular complexity index is 674. The maximum atomic E-state index is 13.7. The Balaban J connectivity index is 2.39. The summed E-state index contributed by atoms with van der Waals surface area (Å²) in [6.45, 7) is 3.68. The number of nitrogens with zero attached hydrogens (tertiary/aromatic N) is 1. The third kappa shape index (κ3) is 3.47. The molecule has 0 bridgehead atoms. The van der Waals surface area contributed by atoms with Crippen LogP contribution in [0.2, 0.25) is 0 Å². The van der Waals surface area contributed by atoms with E-state index in [1.165, 1.54) is 24.4 Å². The van der Waals surface area contributed by atoms with Gasteiger partial charge < -0.3 is 15.2 Å². The molecular weight excluding hydrogens is 275 g/mol. The third-order valence-corrected chi connectivity index (χ3v) is 2.66. The van der Waals surface area contributed by atoms with Crippen molar-refractivity contribution in [1.82, 2.24) is 4.98 Å². The molecule has 0 saturated heterocycles. The zero-order valence-electron chi connectivity index (χ0n) is 11.7. The molecule has 0 aliphatic heterocycles. The van der Waals surface area contributed by atoms with Crippen LogP contribution in [-0.2, 0) is 4.74 Å². The van der Waals surface area contributed by atoms with Gasteiger partial charge in [0.05, 0.1) is 18.5 Å². The zero-order valence-corrected chi connectivity index (χ0v) is 11.7. The number of esters is 1. The first kappa shape index (κ1) is 14.8. The highest BCUT2D eigenvalue weighted by Gasteiger charge is 2.18. The molecule has 2 N–H and O–H groups in total. The second kappa shape index (κ2) is 6.21. The van der Waals surface area contributed by atoms with Crippen molar-refractivity contribution < 1.29 is 18.7 Å². The Labute approximate surface area is 121 Å². The van der Waals surface area contributed by atoms with Crippen LogP contribution in [0.5, 0.6) is 11.6 Å². The molecule has 0 fully saturated rings. The van der Waals surface area contributed by atoms with Gasteiger partial charge in [0, 0.05) is 0 Å². The lowest BCUT2D eigenvalue weighted by molar-refractivity contribution is 0.0522. The highest BCUT2D eigenvalue weighted by atomic mass is 19.1. The fourth-order valence-corrected chi connectivity index (χ4v) is 1.70. The van der Waals surface area contributed by atoms with Gasteiger partial charge in [-0.05, 0) is 37.6 Å². The first-order valence-electron chi connectivity index (χ1n) is 6.38. The van der Waals surface area contributed by atoms with Crippen molar-refractivity contribution in [2.75, 3.05) is 12.3 Å². The summed E-state index contributed by atoms with van der Waals surface area (Å²) in [6, 6.07) is 5.80. The number of nitrogens with two attached hydrogens (primary N) is 1. The number of rotatable bonds is 4. The second-order valence-corrected chi connectivity index (χ2v) is 4.38. The molecule has 0 atom stereocenters. The number of aromatic nitrogens is 1. The SMILES string of the molecule is CCOC(=O)c1cc(N)cnc1Oc1cc(C)ccc1F. The van der Waals surface area contributed by atoms with Crippen molar-refractivity contribution in [3.63, 3.8) is 0 Å². The predicted molar refractivity (Wildman–Crippen MR) is 75.8 cm³/mol. The smallest absolute Gasteiger partial charge is 0.343 e. The van der Waals surface area contributed by atoms with Gasteiger partial charge in [-0.25, -0.2) is 14.2 Å². The summed E-state index contributed by atoms with van der Waals surface area (Å²) in [7, 11) is 0. The van der Waals surface area contributed by atoms with Crippen LogP contribution in [0.4, 0.5) is 10.1 Å². The number of benzene rings is 1. The van der Waals surface area contributed by atoms with Crippen molar-refractivity contribution in [1.29, 1.82) is 0 Å². The van der Waals surface area contributed by atoms with Crippen molar-refractivity contribution in [2.45, 2.75) is 13.8 Å². The number of ether oxygens (including phenoxy) is 2. The monoisotopic (exact) mass is 290 g/mol. The lowest BCUT2D eigenvalue weighted by atomic mass is 10.2. The summed E-state index contributed by atoms with van der Waals surface area (Å²) < 4.78 is 24.0. The van der Waals surface area contributed by atoms with Crippen molar-refractivity contribution >= 4 is 11.7 Å². The largest absolute Gasteiger partial charge is 0.462 e. The summed E-state index contributed by atoms with van der Waals surface area (Å²) in [5.74, 6) is -1.24. The summed E-state index contributed by atoms with van der Waals surface area (Å²) in [5.41, 5.74) is 6.77. The number of pyridine rings is 1. The molecule has 5 nitrogen and oxygen atoms in total. The summed E-state index contributed by atoms with van der Waals surface area (Å²) in [4.78, 5) is 15.8. The number of nitrogen functional groups attached to an aromatic ring is 1. The molecule has 0 unspecified atom stereocenters. The van der Waals surface area contributed by atoms with Crippen LogP contribution in [0.25, 0.3) is 0 Å². The van der Waals surface area contributed by atoms with Crippen molar-refractivity contribution in [3.8, 4) is 11.6 Å². The fraction of sp³-hybridized carbons (Fsp3) is 0.200. The van der Waals surface area contributed by atoms with Gasteiger partial charge in [-0.15, -0.1) is 0 Å². The molecule has 110 valence electrons. The molecule has 1 heterocycles. The van der Waals surface area contributed by atoms with E-state index < -0.39 is 11.8 Å². The van der Waals surface area contributed by atoms with E-state index in [4.69, 9.17) is 15.2 Å². The number of carbonyl (C=O) groups is 1. The average molecular weight is 290 g/mol. The first-order chi connectivity index (χ1) is 10.0. The standard InChI is InChI=1S/C15H15FN2O3/c1-3-20-15(19)11-7-10(17)8-18-14(11)21-13-6-9(2)4-5-12(13)16/h4-8H,3,17H2,1-2H3. The molecule has 2 rings (SSSR count). The quantitative estimate of drug-likeness (QED) is 0.876. The lowest BCUT2D eigenvalue weighted by Crippen LogP contribution is -2.08. The molecule has 0 saturated carbocycles. The van der Waals surface area contributed by atoms with E-state index in [1.54, 1.807) is 19.9 Å². The molecule has 2 aromatic rings. The lowest BCUT2D eigenvalue weighted by Gasteiger charge is -2.11. The Morgan fingerprint density at radius 3 is 2.86 bits per heavy atom. The van der Waals surface area contributed by atoms with Crippen LogP contribution < -0.4 is 10.5 Å². The molecule has 0 amide bonds. The van der Waals surface area contributed by atoms with E-state index in [0.717, 1.165) is 5.56 Å². The van der Waals surface area contributed by atoms with Gasteiger partial charge in [0.2, 0.25) is 5.88 Å². The van der Waals surface area contributed by atoms with Gasteiger partial charge in [-0.2, -0.15) is 0 Å². The third-order valence-electron chi connectivity index (χ3n) is 2.66. The summed E-state index contributed by atoms with van der Waals surface area (Å²) >= 11 is 0. The molecule has 0 aliphatic rings. The zero-order chi connectivity index (χ0) is 15.4. The molecule has 1 aromatic heterocycles. The van der Waals surface area contributed by atoms with Crippen molar-refractivity contribution in [2.24, 2.45) is 0 Å². The highest BCUT2D eigenvalue weighted by Crippen LogP contribution is 2.28. The number of anilines is 1. The van der Waals surface area contributed by atoms with E-state index >= 15 is 0 Å². The molecule has 0 aliphatic carbocycles. The number of hydrogen-bond acceptors (Lipinski definition) is 5. The molecule has 21 heavy (non-hydrogen) atoms. The van der Waals surface area contributed by atoms with Crippen LogP contribution in [0.1, 0.15) is 22.8 Å². The van der Waals surface area contributed by atoms with Crippen LogP contribution in [0.3, 0.4) is 0 Å². The summed E-state index contributed by atoms with van der Waals surface area (Å²) in [6.07, 6.45) is 1.33. The number of halogens is 1. The Morgan fingerprint density at radius 2 is 2.14 bits per heavy atom. The normalized spacial score (nSPS) is 10.2. The first-order valence-corrected chi connectivity index (χ1v) is 6.38. The Morgan fingerprint density at radius 1 is 1.38 bits per heavy atom. The fourth-order valence-electron chi connectivity index (χ4n) is 1.70. The minimum absolute atomic E-state index is 0.0159. The number of carbonyl (C=O) groups excluding carboxylic acids is 1. The summed E-state index contributed by atoms with van der Waals surface area (Å²) in [5, 5.41) is 0. The van der Waals surface area contributed by atoms with Gasteiger partial charge in [0.1, 0.15) is 5.56 Å². The Hall–Kier alpha value is -2.63. The van der Waals surface area contributed by atoms with Crippen LogP contribution >= 0.6 is 0 Å². The minimum Gasteiger partial charge on any atom is -0.462 e. The molecule has 0 spiro atoms. The van der Waals surface area contributed by atoms with Gasteiger partial charge in [-0.3, -0.25) is 0 Å². The van der Waals surface area contributed by atoms with Crippen molar-refractivity contribution in [3.05, 3.63) is 47.4 Å². The van der Waals surface area contributed by atoms with E-state index in [-0.39, 0.29) is 29.5 Å². The topological polar surface area (TPSA) is 74.4 Å². The van der Waals surface area contributed by atoms with Gasteiger partial charge in [0.25, 0.3) is 0 Å². The van der Waals surface area contributed by atoms with E-state index in [9.17, 15) is 9.18 Å². The minimum atomic E-state index is -0.625. The van der Waals surface area contributed by atoms with Gasteiger partial charge in [-0.1, -0.05) is 6.07 Å². The number of hydrogen-bond donors (Lipinski definition) is 1. The van der Waals surface area contributed by atoms with Crippen LogP contribution in [0, 0.1) is 12.7 Å². The van der Waals surface area contributed by atoms with Crippen LogP contribution in [0.15, 0.2) is 30.5 Å². The molecular formula is C15H15FN2O3. The number of aryl methyl sites for hydroxylation is 1. The van der Waals surface area contributed by atoms with Gasteiger partial charge >= 0.3 is 5.97 Å². The maximum absolute atomic E-state index is 13.7. The molecule has 0 radical (unpaired) electrons. The molecule has 1 aromatic carbocycles. The highest BCUT2D eigenvalue weighted by molar-refractivity contribution is 5.92. The van der Waals surface area contributed by atoms with E-state index in [1.807, 2.05) is 0 Å². The van der Waals surface area contributed by atoms with E-state index in [2.05, 4.69) is 4.98 Å². The maximum Gasteiger partial charge on any atom is 0.343 e. The predicted octanol–water partition coefficient (Wildman–Crippen LogP) is 3.08.